The first kappa shape index (κ1) is 13.7. The number of nitrogens with two attached hydrogens (primary N) is 1. The van der Waals surface area contributed by atoms with E-state index in [-0.39, 0.29) is 13.2 Å². The summed E-state index contributed by atoms with van der Waals surface area (Å²) in [4.78, 5) is 0. The molecule has 0 saturated heterocycles. The summed E-state index contributed by atoms with van der Waals surface area (Å²) < 4.78 is 36.5. The number of ether oxygens (including phenoxy) is 2. The average molecular weight is 314 g/mol. The zero-order valence-corrected chi connectivity index (χ0v) is 11.3. The van der Waals surface area contributed by atoms with E-state index in [4.69, 9.17) is 37.8 Å². The SMILES string of the molecule is NS(=O)(=O)OC[C@H]1COc2cc(Cl)c(Cl)cc2O1. The van der Waals surface area contributed by atoms with Gasteiger partial charge in [0.15, 0.2) is 17.6 Å². The molecule has 0 amide bonds. The van der Waals surface area contributed by atoms with E-state index < -0.39 is 16.4 Å². The van der Waals surface area contributed by atoms with Crippen LogP contribution in [-0.4, -0.2) is 27.7 Å². The highest BCUT2D eigenvalue weighted by Crippen LogP contribution is 2.38. The topological polar surface area (TPSA) is 87.9 Å². The van der Waals surface area contributed by atoms with Gasteiger partial charge in [-0.15, -0.1) is 0 Å². The Labute approximate surface area is 114 Å². The first-order chi connectivity index (χ1) is 8.35. The molecule has 0 bridgehead atoms. The molecule has 9 heteroatoms. The van der Waals surface area contributed by atoms with Gasteiger partial charge in [-0.05, 0) is 0 Å². The van der Waals surface area contributed by atoms with Gasteiger partial charge in [0.2, 0.25) is 0 Å². The van der Waals surface area contributed by atoms with Crippen LogP contribution in [-0.2, 0) is 14.5 Å². The molecule has 0 saturated carbocycles. The number of fused-ring (bicyclic) bond motifs is 1. The smallest absolute Gasteiger partial charge is 0.333 e. The maximum atomic E-state index is 10.6. The highest BCUT2D eigenvalue weighted by molar-refractivity contribution is 7.84. The predicted molar refractivity (Wildman–Crippen MR) is 65.4 cm³/mol. The predicted octanol–water partition coefficient (Wildman–Crippen LogP) is 1.35. The molecule has 2 rings (SSSR count). The zero-order chi connectivity index (χ0) is 13.3. The Balaban J connectivity index is 2.08. The van der Waals surface area contributed by atoms with Crippen LogP contribution >= 0.6 is 23.2 Å². The molecule has 1 atom stereocenters. The highest BCUT2D eigenvalue weighted by Gasteiger charge is 2.24. The van der Waals surface area contributed by atoms with Crippen molar-refractivity contribution in [3.63, 3.8) is 0 Å². The summed E-state index contributed by atoms with van der Waals surface area (Å²) in [7, 11) is -4.00. The number of hydrogen-bond donors (Lipinski definition) is 1. The second kappa shape index (κ2) is 5.10. The van der Waals surface area contributed by atoms with E-state index in [2.05, 4.69) is 4.18 Å². The van der Waals surface area contributed by atoms with Crippen LogP contribution in [0.3, 0.4) is 0 Å². The fraction of sp³-hybridized carbons (Fsp3) is 0.333. The van der Waals surface area contributed by atoms with E-state index in [1.165, 1.54) is 12.1 Å². The van der Waals surface area contributed by atoms with Crippen LogP contribution in [0.2, 0.25) is 10.0 Å². The molecule has 2 N–H and O–H groups in total. The molecule has 1 heterocycles. The van der Waals surface area contributed by atoms with Crippen LogP contribution in [0.1, 0.15) is 0 Å². The fourth-order valence-corrected chi connectivity index (χ4v) is 2.01. The minimum Gasteiger partial charge on any atom is -0.486 e. The molecule has 0 aliphatic carbocycles. The van der Waals surface area contributed by atoms with E-state index in [0.717, 1.165) is 0 Å². The maximum Gasteiger partial charge on any atom is 0.333 e. The summed E-state index contributed by atoms with van der Waals surface area (Å²) in [5.74, 6) is 0.815. The molecule has 1 aliphatic rings. The van der Waals surface area contributed by atoms with Crippen LogP contribution in [0.4, 0.5) is 0 Å². The van der Waals surface area contributed by atoms with Crippen LogP contribution in [0.15, 0.2) is 12.1 Å². The summed E-state index contributed by atoms with van der Waals surface area (Å²) in [6.45, 7) is -0.112. The van der Waals surface area contributed by atoms with Crippen molar-refractivity contribution < 1.29 is 22.1 Å². The lowest BCUT2D eigenvalue weighted by atomic mass is 10.2. The van der Waals surface area contributed by atoms with Gasteiger partial charge in [0, 0.05) is 12.1 Å². The van der Waals surface area contributed by atoms with Crippen LogP contribution in [0.25, 0.3) is 0 Å². The highest BCUT2D eigenvalue weighted by atomic mass is 35.5. The molecular weight excluding hydrogens is 305 g/mol. The molecule has 0 unspecified atom stereocenters. The van der Waals surface area contributed by atoms with E-state index >= 15 is 0 Å². The Hall–Kier alpha value is -0.730. The normalized spacial score (nSPS) is 18.7. The van der Waals surface area contributed by atoms with Crippen molar-refractivity contribution in [3.05, 3.63) is 22.2 Å². The molecule has 0 spiro atoms. The van der Waals surface area contributed by atoms with Crippen molar-refractivity contribution in [2.24, 2.45) is 5.14 Å². The summed E-state index contributed by atoms with van der Waals surface area (Å²) >= 11 is 11.6. The first-order valence-electron chi connectivity index (χ1n) is 4.81. The third-order valence-corrected chi connectivity index (χ3v) is 3.31. The van der Waals surface area contributed by atoms with E-state index in [1.807, 2.05) is 0 Å². The molecule has 18 heavy (non-hydrogen) atoms. The van der Waals surface area contributed by atoms with Crippen molar-refractivity contribution in [2.45, 2.75) is 6.10 Å². The minimum absolute atomic E-state index is 0.125. The quantitative estimate of drug-likeness (QED) is 0.910. The van der Waals surface area contributed by atoms with Gasteiger partial charge >= 0.3 is 10.3 Å². The van der Waals surface area contributed by atoms with Gasteiger partial charge in [-0.3, -0.25) is 4.18 Å². The van der Waals surface area contributed by atoms with Crippen molar-refractivity contribution in [1.29, 1.82) is 0 Å². The van der Waals surface area contributed by atoms with Gasteiger partial charge in [0.1, 0.15) is 13.2 Å². The summed E-state index contributed by atoms with van der Waals surface area (Å²) in [5.41, 5.74) is 0. The van der Waals surface area contributed by atoms with Gasteiger partial charge in [-0.25, -0.2) is 5.14 Å². The van der Waals surface area contributed by atoms with Crippen LogP contribution < -0.4 is 14.6 Å². The zero-order valence-electron chi connectivity index (χ0n) is 8.93. The van der Waals surface area contributed by atoms with Gasteiger partial charge in [-0.2, -0.15) is 8.42 Å². The van der Waals surface area contributed by atoms with Crippen molar-refractivity contribution in [3.8, 4) is 11.5 Å². The summed E-state index contributed by atoms with van der Waals surface area (Å²) in [5, 5.41) is 5.36. The number of hydrogen-bond acceptors (Lipinski definition) is 5. The third-order valence-electron chi connectivity index (χ3n) is 2.12. The van der Waals surface area contributed by atoms with Gasteiger partial charge < -0.3 is 9.47 Å². The minimum atomic E-state index is -4.00. The Morgan fingerprint density at radius 3 is 2.56 bits per heavy atom. The Bertz CT molecular complexity index is 562. The number of rotatable bonds is 3. The molecule has 0 aromatic heterocycles. The summed E-state index contributed by atoms with van der Waals surface area (Å²) in [6, 6.07) is 3.01. The standard InChI is InChI=1S/C9H9Cl2NO5S/c10-6-1-8-9(2-7(6)11)17-5(3-15-8)4-16-18(12,13)14/h1-2,5H,3-4H2,(H2,12,13,14)/t5-/m1/s1. The van der Waals surface area contributed by atoms with Crippen molar-refractivity contribution >= 4 is 33.5 Å². The number of benzene rings is 1. The van der Waals surface area contributed by atoms with Gasteiger partial charge in [0.25, 0.3) is 0 Å². The Morgan fingerprint density at radius 2 is 1.94 bits per heavy atom. The maximum absolute atomic E-state index is 10.6. The lowest BCUT2D eigenvalue weighted by molar-refractivity contribution is 0.0555. The Morgan fingerprint density at radius 1 is 1.33 bits per heavy atom. The van der Waals surface area contributed by atoms with Gasteiger partial charge in [-0.1, -0.05) is 23.2 Å². The van der Waals surface area contributed by atoms with E-state index in [9.17, 15) is 8.42 Å². The lowest BCUT2D eigenvalue weighted by Crippen LogP contribution is -2.35. The summed E-state index contributed by atoms with van der Waals surface area (Å²) in [6.07, 6.45) is -0.590. The van der Waals surface area contributed by atoms with Crippen LogP contribution in [0.5, 0.6) is 11.5 Å². The Kier molecular flexibility index (Phi) is 3.88. The molecule has 1 aromatic rings. The second-order valence-corrected chi connectivity index (χ2v) is 5.58. The average Bonchev–Trinajstić information content (AvgIpc) is 2.27. The monoisotopic (exact) mass is 313 g/mol. The van der Waals surface area contributed by atoms with Gasteiger partial charge in [0.05, 0.1) is 10.0 Å². The molecule has 6 nitrogen and oxygen atoms in total. The van der Waals surface area contributed by atoms with Crippen molar-refractivity contribution in [1.82, 2.24) is 0 Å². The second-order valence-electron chi connectivity index (χ2n) is 3.54. The molecule has 1 aliphatic heterocycles. The fourth-order valence-electron chi connectivity index (χ4n) is 1.36. The molecular formula is C9H9Cl2NO5S. The number of halogens is 2. The molecule has 1 aromatic carbocycles. The lowest BCUT2D eigenvalue weighted by Gasteiger charge is -2.26. The third kappa shape index (κ3) is 3.39. The molecule has 0 fully saturated rings. The van der Waals surface area contributed by atoms with E-state index in [0.29, 0.717) is 21.5 Å². The van der Waals surface area contributed by atoms with E-state index in [1.54, 1.807) is 0 Å². The molecule has 100 valence electrons. The first-order valence-corrected chi connectivity index (χ1v) is 7.03. The van der Waals surface area contributed by atoms with Crippen LogP contribution in [0, 0.1) is 0 Å². The largest absolute Gasteiger partial charge is 0.486 e. The molecule has 0 radical (unpaired) electrons. The van der Waals surface area contributed by atoms with Crippen molar-refractivity contribution in [2.75, 3.05) is 13.2 Å².